The average Bonchev–Trinajstić information content (AvgIpc) is 2.57. The van der Waals surface area contributed by atoms with E-state index in [1.165, 1.54) is 109 Å². The van der Waals surface area contributed by atoms with Crippen molar-refractivity contribution in [1.82, 2.24) is 0 Å². The molecule has 0 saturated heterocycles. The SMILES string of the molecule is CCCCCCCCC=CCCCCCCCCCC(C)CC. The van der Waals surface area contributed by atoms with E-state index in [9.17, 15) is 0 Å². The fraction of sp³-hybridized carbons (Fsp3) is 0.913. The van der Waals surface area contributed by atoms with E-state index < -0.39 is 0 Å². The minimum atomic E-state index is 0.943. The Balaban J connectivity index is 3.08. The molecule has 0 heterocycles. The van der Waals surface area contributed by atoms with Crippen LogP contribution in [-0.2, 0) is 0 Å². The lowest BCUT2D eigenvalue weighted by Gasteiger charge is -2.07. The first-order valence-electron chi connectivity index (χ1n) is 11.0. The second-order valence-electron chi connectivity index (χ2n) is 7.59. The third kappa shape index (κ3) is 19.7. The van der Waals surface area contributed by atoms with Crippen molar-refractivity contribution in [3.8, 4) is 0 Å². The van der Waals surface area contributed by atoms with E-state index in [-0.39, 0.29) is 0 Å². The summed E-state index contributed by atoms with van der Waals surface area (Å²) in [7, 11) is 0. The minimum absolute atomic E-state index is 0.943. The van der Waals surface area contributed by atoms with Crippen LogP contribution < -0.4 is 0 Å². The van der Waals surface area contributed by atoms with Crippen molar-refractivity contribution in [2.45, 2.75) is 130 Å². The molecule has 0 spiro atoms. The number of allylic oxidation sites excluding steroid dienone is 2. The second-order valence-corrected chi connectivity index (χ2v) is 7.59. The highest BCUT2D eigenvalue weighted by molar-refractivity contribution is 4.81. The van der Waals surface area contributed by atoms with E-state index in [1.807, 2.05) is 0 Å². The Labute approximate surface area is 148 Å². The molecule has 0 heteroatoms. The van der Waals surface area contributed by atoms with Crippen LogP contribution in [0.25, 0.3) is 0 Å². The highest BCUT2D eigenvalue weighted by atomic mass is 14.0. The summed E-state index contributed by atoms with van der Waals surface area (Å²) in [6.45, 7) is 6.99. The van der Waals surface area contributed by atoms with Crippen molar-refractivity contribution in [1.29, 1.82) is 0 Å². The van der Waals surface area contributed by atoms with Gasteiger partial charge in [0.25, 0.3) is 0 Å². The van der Waals surface area contributed by atoms with Crippen molar-refractivity contribution in [2.75, 3.05) is 0 Å². The maximum atomic E-state index is 2.43. The summed E-state index contributed by atoms with van der Waals surface area (Å²) in [5, 5.41) is 0. The van der Waals surface area contributed by atoms with Crippen LogP contribution in [0.2, 0.25) is 0 Å². The van der Waals surface area contributed by atoms with Gasteiger partial charge in [-0.25, -0.2) is 0 Å². The molecule has 0 bridgehead atoms. The molecule has 1 atom stereocenters. The lowest BCUT2D eigenvalue weighted by molar-refractivity contribution is 0.470. The van der Waals surface area contributed by atoms with E-state index in [0.29, 0.717) is 0 Å². The van der Waals surface area contributed by atoms with E-state index in [2.05, 4.69) is 32.9 Å². The molecule has 0 nitrogen and oxygen atoms in total. The maximum absolute atomic E-state index is 2.43. The fourth-order valence-corrected chi connectivity index (χ4v) is 3.12. The normalized spacial score (nSPS) is 13.0. The van der Waals surface area contributed by atoms with Crippen LogP contribution in [0, 0.1) is 5.92 Å². The summed E-state index contributed by atoms with van der Waals surface area (Å²) < 4.78 is 0. The molecule has 0 fully saturated rings. The van der Waals surface area contributed by atoms with Gasteiger partial charge >= 0.3 is 0 Å². The molecule has 0 aliphatic carbocycles. The van der Waals surface area contributed by atoms with Gasteiger partial charge in [0.1, 0.15) is 0 Å². The van der Waals surface area contributed by atoms with E-state index in [4.69, 9.17) is 0 Å². The zero-order valence-electron chi connectivity index (χ0n) is 16.8. The van der Waals surface area contributed by atoms with Gasteiger partial charge in [0.2, 0.25) is 0 Å². The average molecular weight is 323 g/mol. The Bertz CT molecular complexity index is 228. The lowest BCUT2D eigenvalue weighted by atomic mass is 9.99. The summed E-state index contributed by atoms with van der Waals surface area (Å²) in [5.74, 6) is 0.943. The predicted molar refractivity (Wildman–Crippen MR) is 108 cm³/mol. The van der Waals surface area contributed by atoms with Crippen molar-refractivity contribution < 1.29 is 0 Å². The van der Waals surface area contributed by atoms with Crippen LogP contribution in [0.4, 0.5) is 0 Å². The third-order valence-corrected chi connectivity index (χ3v) is 5.16. The highest BCUT2D eigenvalue weighted by Crippen LogP contribution is 2.15. The molecule has 0 rings (SSSR count). The lowest BCUT2D eigenvalue weighted by Crippen LogP contribution is -1.91. The number of rotatable bonds is 18. The molecule has 0 aromatic heterocycles. The second kappa shape index (κ2) is 19.8. The molecule has 0 radical (unpaired) electrons. The summed E-state index contributed by atoms with van der Waals surface area (Å²) in [6, 6.07) is 0. The largest absolute Gasteiger partial charge is 0.0885 e. The zero-order chi connectivity index (χ0) is 17.0. The van der Waals surface area contributed by atoms with Crippen LogP contribution in [0.5, 0.6) is 0 Å². The Morgan fingerprint density at radius 1 is 0.565 bits per heavy atom. The number of hydrogen-bond donors (Lipinski definition) is 0. The zero-order valence-corrected chi connectivity index (χ0v) is 16.8. The number of hydrogen-bond acceptors (Lipinski definition) is 0. The van der Waals surface area contributed by atoms with Gasteiger partial charge in [-0.05, 0) is 31.6 Å². The summed E-state index contributed by atoms with van der Waals surface area (Å²) in [6.07, 6.45) is 28.9. The van der Waals surface area contributed by atoms with Gasteiger partial charge in [0.15, 0.2) is 0 Å². The molecule has 23 heavy (non-hydrogen) atoms. The first-order valence-corrected chi connectivity index (χ1v) is 11.0. The Morgan fingerprint density at radius 3 is 1.48 bits per heavy atom. The first kappa shape index (κ1) is 22.7. The van der Waals surface area contributed by atoms with Crippen LogP contribution in [0.15, 0.2) is 12.2 Å². The highest BCUT2D eigenvalue weighted by Gasteiger charge is 1.98. The first-order chi connectivity index (χ1) is 11.3. The Kier molecular flexibility index (Phi) is 19.6. The molecule has 0 aliphatic rings. The van der Waals surface area contributed by atoms with Gasteiger partial charge in [-0.3, -0.25) is 0 Å². The van der Waals surface area contributed by atoms with Gasteiger partial charge in [0, 0.05) is 0 Å². The van der Waals surface area contributed by atoms with Crippen molar-refractivity contribution >= 4 is 0 Å². The van der Waals surface area contributed by atoms with Crippen molar-refractivity contribution in [3.05, 3.63) is 12.2 Å². The summed E-state index contributed by atoms with van der Waals surface area (Å²) in [5.41, 5.74) is 0. The minimum Gasteiger partial charge on any atom is -0.0885 e. The van der Waals surface area contributed by atoms with Crippen LogP contribution >= 0.6 is 0 Å². The number of unbranched alkanes of at least 4 members (excludes halogenated alkanes) is 13. The third-order valence-electron chi connectivity index (χ3n) is 5.16. The van der Waals surface area contributed by atoms with Crippen LogP contribution in [0.3, 0.4) is 0 Å². The van der Waals surface area contributed by atoms with Gasteiger partial charge in [-0.15, -0.1) is 0 Å². The Hall–Kier alpha value is -0.260. The monoisotopic (exact) mass is 322 g/mol. The molecule has 138 valence electrons. The fourth-order valence-electron chi connectivity index (χ4n) is 3.12. The van der Waals surface area contributed by atoms with Gasteiger partial charge < -0.3 is 0 Å². The molecule has 0 aliphatic heterocycles. The maximum Gasteiger partial charge on any atom is -0.0351 e. The molecule has 0 saturated carbocycles. The topological polar surface area (TPSA) is 0 Å². The van der Waals surface area contributed by atoms with E-state index in [1.54, 1.807) is 0 Å². The van der Waals surface area contributed by atoms with Gasteiger partial charge in [-0.1, -0.05) is 116 Å². The molecule has 0 aromatic carbocycles. The molecular weight excluding hydrogens is 276 g/mol. The standard InChI is InChI=1S/C23H46/c1-4-6-7-8-9-10-11-12-13-14-15-16-17-18-19-20-21-22-23(3)5-2/h12-13,23H,4-11,14-22H2,1-3H3. The van der Waals surface area contributed by atoms with Crippen LogP contribution in [-0.4, -0.2) is 0 Å². The summed E-state index contributed by atoms with van der Waals surface area (Å²) >= 11 is 0. The predicted octanol–water partition coefficient (Wildman–Crippen LogP) is 8.85. The van der Waals surface area contributed by atoms with Crippen molar-refractivity contribution in [2.24, 2.45) is 5.92 Å². The molecular formula is C23H46. The van der Waals surface area contributed by atoms with Crippen LogP contribution in [0.1, 0.15) is 130 Å². The van der Waals surface area contributed by atoms with E-state index >= 15 is 0 Å². The molecule has 0 aromatic rings. The smallest absolute Gasteiger partial charge is 0.0351 e. The summed E-state index contributed by atoms with van der Waals surface area (Å²) in [4.78, 5) is 0. The van der Waals surface area contributed by atoms with E-state index in [0.717, 1.165) is 5.92 Å². The Morgan fingerprint density at radius 2 is 1.00 bits per heavy atom. The van der Waals surface area contributed by atoms with Gasteiger partial charge in [0.05, 0.1) is 0 Å². The molecule has 1 unspecified atom stereocenters. The molecule has 0 amide bonds. The quantitative estimate of drug-likeness (QED) is 0.174. The van der Waals surface area contributed by atoms with Gasteiger partial charge in [-0.2, -0.15) is 0 Å². The molecule has 0 N–H and O–H groups in total. The van der Waals surface area contributed by atoms with Crippen molar-refractivity contribution in [3.63, 3.8) is 0 Å².